The van der Waals surface area contributed by atoms with Gasteiger partial charge in [-0.1, -0.05) is 11.6 Å². The van der Waals surface area contributed by atoms with E-state index in [2.05, 4.69) is 35.1 Å². The van der Waals surface area contributed by atoms with Crippen LogP contribution >= 0.6 is 11.6 Å². The van der Waals surface area contributed by atoms with Crippen molar-refractivity contribution in [1.29, 1.82) is 0 Å². The third-order valence-electron chi connectivity index (χ3n) is 5.89. The molecule has 3 aromatic rings. The zero-order chi connectivity index (χ0) is 46.6. The molecule has 0 aliphatic carbocycles. The molecule has 4 N–H and O–H groups in total. The molecule has 18 nitrogen and oxygen atoms in total. The van der Waals surface area contributed by atoms with Crippen molar-refractivity contribution in [2.24, 2.45) is 5.73 Å². The number of nitrogens with two attached hydrogens (primary N) is 1. The Balaban J connectivity index is -0.000000775. The number of hydrogen-bond donors (Lipinski definition) is 3. The van der Waals surface area contributed by atoms with Crippen LogP contribution in [-0.4, -0.2) is 88.3 Å². The predicted molar refractivity (Wildman–Crippen MR) is 230 cm³/mol. The molecule has 3 heterocycles. The Kier molecular flexibility index (Phi) is 22.3. The topological polar surface area (TPSA) is 247 Å². The van der Waals surface area contributed by atoms with Crippen LogP contribution < -0.4 is 16.4 Å². The summed E-state index contributed by atoms with van der Waals surface area (Å²) in [5.41, 5.74) is 6.40. The molecule has 19 heteroatoms. The lowest BCUT2D eigenvalue weighted by molar-refractivity contribution is 0.0510. The van der Waals surface area contributed by atoms with Crippen molar-refractivity contribution in [3.05, 3.63) is 75.6 Å². The van der Waals surface area contributed by atoms with Gasteiger partial charge in [-0.15, -0.1) is 0 Å². The third kappa shape index (κ3) is 25.3. The van der Waals surface area contributed by atoms with Crippen molar-refractivity contribution < 1.29 is 60.0 Å². The van der Waals surface area contributed by atoms with Crippen LogP contribution in [0, 0.1) is 20.8 Å². The molecule has 3 aromatic heterocycles. The number of carbonyl (C=O) groups is 6. The molecule has 0 radical (unpaired) electrons. The van der Waals surface area contributed by atoms with Crippen LogP contribution in [-0.2, 0) is 28.4 Å². The fraction of sp³-hybridized carbons (Fsp3) is 0.488. The maximum absolute atomic E-state index is 11.7. The maximum Gasteiger partial charge on any atom is 0.412 e. The maximum atomic E-state index is 11.7. The molecule has 0 saturated carbocycles. The summed E-state index contributed by atoms with van der Waals surface area (Å²) in [7, 11) is 1.27. The van der Waals surface area contributed by atoms with E-state index < -0.39 is 53.0 Å². The van der Waals surface area contributed by atoms with Crippen molar-refractivity contribution >= 4 is 59.2 Å². The molecular formula is C41H63ClN6O12. The van der Waals surface area contributed by atoms with E-state index in [1.807, 2.05) is 0 Å². The second-order valence-corrected chi connectivity index (χ2v) is 15.7. The van der Waals surface area contributed by atoms with Crippen LogP contribution in [0.5, 0.6) is 0 Å². The smallest absolute Gasteiger partial charge is 0.412 e. The minimum absolute atomic E-state index is 0. The van der Waals surface area contributed by atoms with E-state index in [0.29, 0.717) is 40.1 Å². The number of carbonyl (C=O) groups excluding carboxylic acids is 6. The van der Waals surface area contributed by atoms with Crippen LogP contribution in [0.2, 0.25) is 5.02 Å². The summed E-state index contributed by atoms with van der Waals surface area (Å²) >= 11 is 5.75. The van der Waals surface area contributed by atoms with Crippen molar-refractivity contribution in [2.45, 2.75) is 114 Å². The number of esters is 3. The average molecular weight is 867 g/mol. The summed E-state index contributed by atoms with van der Waals surface area (Å²) < 4.78 is 29.1. The second-order valence-electron chi connectivity index (χ2n) is 15.3. The highest BCUT2D eigenvalue weighted by atomic mass is 35.5. The summed E-state index contributed by atoms with van der Waals surface area (Å²) in [4.78, 5) is 79.6. The molecule has 0 fully saturated rings. The minimum Gasteiger partial charge on any atom is -0.464 e. The van der Waals surface area contributed by atoms with E-state index in [-0.39, 0.29) is 26.5 Å². The molecule has 0 aliphatic rings. The number of aromatic nitrogens is 3. The Morgan fingerprint density at radius 3 is 1.20 bits per heavy atom. The van der Waals surface area contributed by atoms with Crippen molar-refractivity contribution in [3.63, 3.8) is 0 Å². The summed E-state index contributed by atoms with van der Waals surface area (Å²) in [6.45, 7) is 25.2. The SMILES string of the molecule is CC(C)(C)OC(N)=O.CCOC(=O)c1cc(Cl)cc(C)n1.CCOC(=O)c1cc(NC(=O)OC(C)(C)C)cc(C)n1.COC(=O)c1cc(NC(=O)OC(C)(C)C)cc(C)n1.[HH].[HH]. The van der Waals surface area contributed by atoms with E-state index in [1.165, 1.54) is 25.3 Å². The highest BCUT2D eigenvalue weighted by Gasteiger charge is 2.19. The largest absolute Gasteiger partial charge is 0.464 e. The Labute approximate surface area is 359 Å². The highest BCUT2D eigenvalue weighted by molar-refractivity contribution is 6.30. The summed E-state index contributed by atoms with van der Waals surface area (Å²) in [6.07, 6.45) is -1.90. The van der Waals surface area contributed by atoms with Crippen LogP contribution in [0.4, 0.5) is 25.8 Å². The second kappa shape index (κ2) is 24.8. The van der Waals surface area contributed by atoms with Crippen LogP contribution in [0.3, 0.4) is 0 Å². The first kappa shape index (κ1) is 54.0. The lowest BCUT2D eigenvalue weighted by atomic mass is 10.2. The van der Waals surface area contributed by atoms with Gasteiger partial charge in [0.1, 0.15) is 22.5 Å². The van der Waals surface area contributed by atoms with Gasteiger partial charge in [-0.3, -0.25) is 10.6 Å². The number of primary amides is 1. The number of amides is 3. The molecule has 336 valence electrons. The Morgan fingerprint density at radius 2 is 0.917 bits per heavy atom. The van der Waals surface area contributed by atoms with Crippen LogP contribution in [0.1, 0.15) is 128 Å². The molecule has 60 heavy (non-hydrogen) atoms. The molecule has 0 unspecified atom stereocenters. The summed E-state index contributed by atoms with van der Waals surface area (Å²) in [5, 5.41) is 5.61. The van der Waals surface area contributed by atoms with Crippen molar-refractivity contribution in [3.8, 4) is 0 Å². The van der Waals surface area contributed by atoms with Gasteiger partial charge in [-0.2, -0.15) is 0 Å². The molecule has 0 aromatic carbocycles. The normalized spacial score (nSPS) is 10.6. The quantitative estimate of drug-likeness (QED) is 0.148. The molecule has 0 aliphatic heterocycles. The van der Waals surface area contributed by atoms with Crippen molar-refractivity contribution in [1.82, 2.24) is 15.0 Å². The molecule has 0 bridgehead atoms. The number of rotatable bonds is 7. The van der Waals surface area contributed by atoms with Crippen LogP contribution in [0.15, 0.2) is 36.4 Å². The lowest BCUT2D eigenvalue weighted by Gasteiger charge is -2.19. The first-order chi connectivity index (χ1) is 27.5. The van der Waals surface area contributed by atoms with Gasteiger partial charge >= 0.3 is 36.2 Å². The van der Waals surface area contributed by atoms with Crippen molar-refractivity contribution in [2.75, 3.05) is 31.0 Å². The van der Waals surface area contributed by atoms with E-state index in [9.17, 15) is 28.8 Å². The van der Waals surface area contributed by atoms with Gasteiger partial charge in [-0.25, -0.2) is 43.7 Å². The van der Waals surface area contributed by atoms with Gasteiger partial charge in [0.2, 0.25) is 0 Å². The molecule has 0 saturated heterocycles. The van der Waals surface area contributed by atoms with Gasteiger partial charge in [0.05, 0.1) is 20.3 Å². The van der Waals surface area contributed by atoms with E-state index in [0.717, 1.165) is 0 Å². The van der Waals surface area contributed by atoms with Gasteiger partial charge in [-0.05, 0) is 133 Å². The number of ether oxygens (including phenoxy) is 6. The Bertz CT molecular complexity index is 1930. The highest BCUT2D eigenvalue weighted by Crippen LogP contribution is 2.17. The number of halogens is 1. The van der Waals surface area contributed by atoms with Crippen LogP contribution in [0.25, 0.3) is 0 Å². The van der Waals surface area contributed by atoms with E-state index >= 15 is 0 Å². The first-order valence-electron chi connectivity index (χ1n) is 18.5. The van der Waals surface area contributed by atoms with Gasteiger partial charge in [0.15, 0.2) is 11.4 Å². The monoisotopic (exact) mass is 866 g/mol. The summed E-state index contributed by atoms with van der Waals surface area (Å²) in [6, 6.07) is 9.34. The first-order valence-corrected chi connectivity index (χ1v) is 18.9. The van der Waals surface area contributed by atoms with Gasteiger partial charge in [0.25, 0.3) is 0 Å². The number of pyridine rings is 3. The number of aryl methyl sites for hydroxylation is 3. The average Bonchev–Trinajstić information content (AvgIpc) is 3.05. The van der Waals surface area contributed by atoms with E-state index in [1.54, 1.807) is 115 Å². The molecule has 0 atom stereocenters. The Morgan fingerprint density at radius 1 is 0.583 bits per heavy atom. The molecular weight excluding hydrogens is 804 g/mol. The number of nitrogens with one attached hydrogen (secondary N) is 2. The summed E-state index contributed by atoms with van der Waals surface area (Å²) in [5.74, 6) is -1.52. The van der Waals surface area contributed by atoms with Gasteiger partial charge < -0.3 is 34.2 Å². The zero-order valence-electron chi connectivity index (χ0n) is 37.1. The van der Waals surface area contributed by atoms with Gasteiger partial charge in [0, 0.05) is 36.3 Å². The zero-order valence-corrected chi connectivity index (χ0v) is 37.8. The standard InChI is InChI=1S/C14H20N2O4.C13H18N2O4.C9H10ClNO2.C5H11NO2.2H2/c1-6-19-12(17)11-8-10(7-9(2)15-11)16-13(18)20-14(3,4)5;1-8-6-9(7-10(14-8)11(16)18-5)15-12(17)19-13(2,3)4;1-3-13-9(12)8-5-7(10)4-6(2)11-8;1-5(2,3)8-4(6)7;;/h7-8H,6H2,1-5H3,(H,15,16,18);6-7H,1-5H3,(H,14,15,17);4-5H,3H2,1-2H3;1-3H3,(H2,6,7);2*1H. The molecule has 0 spiro atoms. The third-order valence-corrected chi connectivity index (χ3v) is 6.10. The number of nitrogens with zero attached hydrogens (tertiary/aromatic N) is 3. The predicted octanol–water partition coefficient (Wildman–Crippen LogP) is 9.03. The van der Waals surface area contributed by atoms with E-state index in [4.69, 9.17) is 36.3 Å². The minimum atomic E-state index is -0.725. The molecule has 3 rings (SSSR count). The number of hydrogen-bond acceptors (Lipinski definition) is 15. The number of methoxy groups -OCH3 is 1. The number of anilines is 2. The lowest BCUT2D eigenvalue weighted by Crippen LogP contribution is -2.27. The fourth-order valence-electron chi connectivity index (χ4n) is 4.08. The molecule has 3 amide bonds. The Hall–Kier alpha value is -6.04. The fourth-order valence-corrected chi connectivity index (χ4v) is 4.34.